The molecule has 0 aliphatic carbocycles. The minimum absolute atomic E-state index is 0.129. The topological polar surface area (TPSA) is 55.6 Å². The standard InChI is InChI=1S/C12H19N5S/c1-8(2)7-10-15-16-12(18-10)14-9(3)11-13-5-6-17(11)4/h5-6,8-9H,7H2,1-4H3,(H,14,16). The van der Waals surface area contributed by atoms with Gasteiger partial charge >= 0.3 is 0 Å². The molecule has 0 fully saturated rings. The van der Waals surface area contributed by atoms with Gasteiger partial charge in [0.15, 0.2) is 0 Å². The van der Waals surface area contributed by atoms with Crippen molar-refractivity contribution in [3.63, 3.8) is 0 Å². The molecule has 1 N–H and O–H groups in total. The van der Waals surface area contributed by atoms with Crippen LogP contribution in [0.1, 0.15) is 37.6 Å². The molecule has 5 nitrogen and oxygen atoms in total. The van der Waals surface area contributed by atoms with E-state index >= 15 is 0 Å². The fourth-order valence-electron chi connectivity index (χ4n) is 1.79. The number of hydrogen-bond donors (Lipinski definition) is 1. The van der Waals surface area contributed by atoms with Gasteiger partial charge in [0, 0.05) is 25.9 Å². The van der Waals surface area contributed by atoms with E-state index in [0.29, 0.717) is 5.92 Å². The van der Waals surface area contributed by atoms with Crippen molar-refractivity contribution >= 4 is 16.5 Å². The Hall–Kier alpha value is -1.43. The first-order chi connectivity index (χ1) is 8.56. The van der Waals surface area contributed by atoms with Gasteiger partial charge < -0.3 is 9.88 Å². The Bertz CT molecular complexity index is 502. The Labute approximate surface area is 111 Å². The van der Waals surface area contributed by atoms with Crippen LogP contribution in [0, 0.1) is 5.92 Å². The van der Waals surface area contributed by atoms with Gasteiger partial charge in [-0.3, -0.25) is 0 Å². The maximum Gasteiger partial charge on any atom is 0.206 e. The highest BCUT2D eigenvalue weighted by atomic mass is 32.1. The second-order valence-corrected chi connectivity index (χ2v) is 5.92. The third-order valence-corrected chi connectivity index (χ3v) is 3.51. The Morgan fingerprint density at radius 1 is 1.33 bits per heavy atom. The third kappa shape index (κ3) is 3.07. The molecule has 0 saturated carbocycles. The number of aromatic nitrogens is 4. The van der Waals surface area contributed by atoms with Crippen LogP contribution in [0.5, 0.6) is 0 Å². The normalized spacial score (nSPS) is 12.9. The second kappa shape index (κ2) is 5.48. The molecule has 0 spiro atoms. The Morgan fingerprint density at radius 2 is 2.11 bits per heavy atom. The highest BCUT2D eigenvalue weighted by Gasteiger charge is 2.13. The summed E-state index contributed by atoms with van der Waals surface area (Å²) in [4.78, 5) is 4.32. The first-order valence-electron chi connectivity index (χ1n) is 6.12. The zero-order valence-corrected chi connectivity index (χ0v) is 12.0. The van der Waals surface area contributed by atoms with Crippen LogP contribution in [0.2, 0.25) is 0 Å². The minimum Gasteiger partial charge on any atom is -0.350 e. The van der Waals surface area contributed by atoms with Gasteiger partial charge in [-0.25, -0.2) is 4.98 Å². The van der Waals surface area contributed by atoms with Gasteiger partial charge in [0.1, 0.15) is 10.8 Å². The maximum absolute atomic E-state index is 4.32. The molecule has 0 aliphatic heterocycles. The number of rotatable bonds is 5. The summed E-state index contributed by atoms with van der Waals surface area (Å²) in [5, 5.41) is 13.6. The van der Waals surface area contributed by atoms with E-state index < -0.39 is 0 Å². The van der Waals surface area contributed by atoms with Crippen LogP contribution in [0.4, 0.5) is 5.13 Å². The van der Waals surface area contributed by atoms with Gasteiger partial charge in [0.25, 0.3) is 0 Å². The predicted molar refractivity (Wildman–Crippen MR) is 73.7 cm³/mol. The summed E-state index contributed by atoms with van der Waals surface area (Å²) in [6.45, 7) is 6.45. The molecule has 0 bridgehead atoms. The van der Waals surface area contributed by atoms with E-state index in [1.165, 1.54) is 0 Å². The van der Waals surface area contributed by atoms with E-state index in [2.05, 4.69) is 41.3 Å². The van der Waals surface area contributed by atoms with Crippen molar-refractivity contribution in [3.05, 3.63) is 23.2 Å². The fourth-order valence-corrected chi connectivity index (χ4v) is 2.83. The molecule has 6 heteroatoms. The fraction of sp³-hybridized carbons (Fsp3) is 0.583. The molecule has 2 heterocycles. The summed E-state index contributed by atoms with van der Waals surface area (Å²) in [6.07, 6.45) is 4.73. The summed E-state index contributed by atoms with van der Waals surface area (Å²) < 4.78 is 2.01. The number of nitrogens with zero attached hydrogens (tertiary/aromatic N) is 4. The highest BCUT2D eigenvalue weighted by molar-refractivity contribution is 7.15. The Morgan fingerprint density at radius 3 is 2.72 bits per heavy atom. The lowest BCUT2D eigenvalue weighted by molar-refractivity contribution is 0.639. The third-order valence-electron chi connectivity index (χ3n) is 2.64. The number of hydrogen-bond acceptors (Lipinski definition) is 5. The number of imidazole rings is 1. The smallest absolute Gasteiger partial charge is 0.206 e. The van der Waals surface area contributed by atoms with Crippen molar-refractivity contribution in [2.45, 2.75) is 33.2 Å². The van der Waals surface area contributed by atoms with Gasteiger partial charge in [-0.2, -0.15) is 0 Å². The van der Waals surface area contributed by atoms with Crippen molar-refractivity contribution in [2.75, 3.05) is 5.32 Å². The molecule has 0 radical (unpaired) electrons. The first-order valence-corrected chi connectivity index (χ1v) is 6.94. The quantitative estimate of drug-likeness (QED) is 0.903. The summed E-state index contributed by atoms with van der Waals surface area (Å²) >= 11 is 1.62. The van der Waals surface area contributed by atoms with Crippen LogP contribution >= 0.6 is 11.3 Å². The molecule has 0 aliphatic rings. The highest BCUT2D eigenvalue weighted by Crippen LogP contribution is 2.22. The second-order valence-electron chi connectivity index (χ2n) is 4.86. The van der Waals surface area contributed by atoms with Crippen LogP contribution in [0.15, 0.2) is 12.4 Å². The van der Waals surface area contributed by atoms with Crippen molar-refractivity contribution in [3.8, 4) is 0 Å². The minimum atomic E-state index is 0.129. The lowest BCUT2D eigenvalue weighted by atomic mass is 10.1. The van der Waals surface area contributed by atoms with Gasteiger partial charge in [-0.05, 0) is 12.8 Å². The first kappa shape index (κ1) is 13.0. The predicted octanol–water partition coefficient (Wildman–Crippen LogP) is 2.64. The van der Waals surface area contributed by atoms with Gasteiger partial charge in [0.05, 0.1) is 6.04 Å². The molecule has 1 unspecified atom stereocenters. The van der Waals surface area contributed by atoms with E-state index in [1.807, 2.05) is 17.8 Å². The molecule has 2 aromatic rings. The Kier molecular flexibility index (Phi) is 3.96. The van der Waals surface area contributed by atoms with Crippen molar-refractivity contribution in [1.29, 1.82) is 0 Å². The number of aryl methyl sites for hydroxylation is 1. The van der Waals surface area contributed by atoms with Gasteiger partial charge in [-0.15, -0.1) is 10.2 Å². The van der Waals surface area contributed by atoms with E-state index in [0.717, 1.165) is 22.4 Å². The number of anilines is 1. The van der Waals surface area contributed by atoms with Crippen LogP contribution < -0.4 is 5.32 Å². The van der Waals surface area contributed by atoms with Crippen LogP contribution in [0.3, 0.4) is 0 Å². The maximum atomic E-state index is 4.32. The molecule has 0 amide bonds. The lowest BCUT2D eigenvalue weighted by Gasteiger charge is -2.11. The van der Waals surface area contributed by atoms with Crippen molar-refractivity contribution in [2.24, 2.45) is 13.0 Å². The van der Waals surface area contributed by atoms with Gasteiger partial charge in [-0.1, -0.05) is 25.2 Å². The van der Waals surface area contributed by atoms with Crippen LogP contribution in [0.25, 0.3) is 0 Å². The monoisotopic (exact) mass is 265 g/mol. The van der Waals surface area contributed by atoms with Crippen LogP contribution in [-0.4, -0.2) is 19.7 Å². The van der Waals surface area contributed by atoms with E-state index in [-0.39, 0.29) is 6.04 Å². The van der Waals surface area contributed by atoms with E-state index in [4.69, 9.17) is 0 Å². The molecule has 2 aromatic heterocycles. The molecule has 1 atom stereocenters. The molecule has 0 saturated heterocycles. The van der Waals surface area contributed by atoms with Gasteiger partial charge in [0.2, 0.25) is 5.13 Å². The zero-order valence-electron chi connectivity index (χ0n) is 11.2. The summed E-state index contributed by atoms with van der Waals surface area (Å²) in [5.41, 5.74) is 0. The Balaban J connectivity index is 2.01. The number of nitrogens with one attached hydrogen (secondary N) is 1. The van der Waals surface area contributed by atoms with Crippen molar-refractivity contribution < 1.29 is 0 Å². The molecule has 0 aromatic carbocycles. The SMILES string of the molecule is CC(C)Cc1nnc(NC(C)c2nccn2C)s1. The zero-order chi connectivity index (χ0) is 13.1. The summed E-state index contributed by atoms with van der Waals surface area (Å²) in [5.74, 6) is 1.60. The molecular formula is C12H19N5S. The molecule has 2 rings (SSSR count). The average Bonchev–Trinajstić information content (AvgIpc) is 2.87. The van der Waals surface area contributed by atoms with Crippen LogP contribution in [-0.2, 0) is 13.5 Å². The molecular weight excluding hydrogens is 246 g/mol. The molecule has 18 heavy (non-hydrogen) atoms. The summed E-state index contributed by atoms with van der Waals surface area (Å²) in [6, 6.07) is 0.129. The summed E-state index contributed by atoms with van der Waals surface area (Å²) in [7, 11) is 1.99. The lowest BCUT2D eigenvalue weighted by Crippen LogP contribution is -2.11. The molecule has 98 valence electrons. The largest absolute Gasteiger partial charge is 0.350 e. The van der Waals surface area contributed by atoms with Crippen molar-refractivity contribution in [1.82, 2.24) is 19.7 Å². The van der Waals surface area contributed by atoms with E-state index in [1.54, 1.807) is 17.5 Å². The van der Waals surface area contributed by atoms with E-state index in [9.17, 15) is 0 Å². The average molecular weight is 265 g/mol.